The van der Waals surface area contributed by atoms with Crippen LogP contribution in [0.3, 0.4) is 0 Å². The molecule has 0 aliphatic heterocycles. The number of pyridine rings is 2. The number of carbonyl (C=O) groups excluding carboxylic acids is 3. The van der Waals surface area contributed by atoms with Crippen LogP contribution in [0.1, 0.15) is 48.4 Å². The van der Waals surface area contributed by atoms with E-state index in [1.165, 1.54) is 0 Å². The van der Waals surface area contributed by atoms with Gasteiger partial charge in [0, 0.05) is 49.2 Å². The van der Waals surface area contributed by atoms with Crippen molar-refractivity contribution in [2.75, 3.05) is 13.1 Å². The van der Waals surface area contributed by atoms with E-state index in [0.717, 1.165) is 59.8 Å². The standard InChI is InChI=1S/C26H24N4O3/c31-16-23-8-2-6-21(27-23)10-12-30(13-11-22-7-3-9-24(17-32)28-22)15-20-5-1-4-19-14-25(18-33)29-26(19)20/h1-9,14,16-18,29H,10-13,15H2. The number of nitrogens with one attached hydrogen (secondary N) is 1. The van der Waals surface area contributed by atoms with Crippen molar-refractivity contribution in [3.8, 4) is 0 Å². The third-order valence-corrected chi connectivity index (χ3v) is 5.55. The number of nitrogens with zero attached hydrogens (tertiary/aromatic N) is 3. The molecule has 4 aromatic rings. The predicted octanol–water partition coefficient (Wildman–Crippen LogP) is 3.68. The minimum absolute atomic E-state index is 0.423. The molecule has 7 nitrogen and oxygen atoms in total. The highest BCUT2D eigenvalue weighted by molar-refractivity contribution is 5.89. The summed E-state index contributed by atoms with van der Waals surface area (Å²) in [6.45, 7) is 2.11. The van der Waals surface area contributed by atoms with E-state index in [9.17, 15) is 14.4 Å². The van der Waals surface area contributed by atoms with Crippen LogP contribution in [0.4, 0.5) is 0 Å². The lowest BCUT2D eigenvalue weighted by atomic mass is 10.1. The molecular formula is C26H24N4O3. The summed E-state index contributed by atoms with van der Waals surface area (Å²) in [4.78, 5) is 47.6. The summed E-state index contributed by atoms with van der Waals surface area (Å²) in [7, 11) is 0. The van der Waals surface area contributed by atoms with Crippen molar-refractivity contribution < 1.29 is 14.4 Å². The molecule has 0 unspecified atom stereocenters. The maximum absolute atomic E-state index is 11.2. The number of carbonyl (C=O) groups is 3. The van der Waals surface area contributed by atoms with Crippen molar-refractivity contribution in [2.45, 2.75) is 19.4 Å². The van der Waals surface area contributed by atoms with Crippen LogP contribution >= 0.6 is 0 Å². The van der Waals surface area contributed by atoms with Crippen molar-refractivity contribution in [3.63, 3.8) is 0 Å². The van der Waals surface area contributed by atoms with Crippen LogP contribution in [0.2, 0.25) is 0 Å². The SMILES string of the molecule is O=Cc1cccc(CCN(CCc2cccc(C=O)n2)Cc2cccc3cc(C=O)[nH]c23)n1. The van der Waals surface area contributed by atoms with Gasteiger partial charge in [0.2, 0.25) is 0 Å². The summed E-state index contributed by atoms with van der Waals surface area (Å²) in [5.74, 6) is 0. The third kappa shape index (κ3) is 5.64. The summed E-state index contributed by atoms with van der Waals surface area (Å²) in [6, 6.07) is 18.8. The highest BCUT2D eigenvalue weighted by atomic mass is 16.1. The maximum atomic E-state index is 11.2. The molecule has 0 saturated heterocycles. The minimum Gasteiger partial charge on any atom is -0.352 e. The van der Waals surface area contributed by atoms with Crippen molar-refractivity contribution in [2.24, 2.45) is 0 Å². The number of aromatic nitrogens is 3. The lowest BCUT2D eigenvalue weighted by molar-refractivity contribution is 0.111. The van der Waals surface area contributed by atoms with Gasteiger partial charge in [-0.05, 0) is 35.9 Å². The lowest BCUT2D eigenvalue weighted by Crippen LogP contribution is -2.28. The van der Waals surface area contributed by atoms with Gasteiger partial charge >= 0.3 is 0 Å². The highest BCUT2D eigenvalue weighted by Crippen LogP contribution is 2.21. The fourth-order valence-electron chi connectivity index (χ4n) is 3.90. The van der Waals surface area contributed by atoms with Crippen LogP contribution in [0.25, 0.3) is 10.9 Å². The molecule has 0 aliphatic carbocycles. The number of benzene rings is 1. The van der Waals surface area contributed by atoms with E-state index in [1.807, 2.05) is 42.5 Å². The molecular weight excluding hydrogens is 416 g/mol. The maximum Gasteiger partial charge on any atom is 0.168 e. The first-order valence-electron chi connectivity index (χ1n) is 10.8. The van der Waals surface area contributed by atoms with Crippen molar-refractivity contribution in [3.05, 3.63) is 94.7 Å². The summed E-state index contributed by atoms with van der Waals surface area (Å²) < 4.78 is 0. The van der Waals surface area contributed by atoms with Gasteiger partial charge in [0.15, 0.2) is 18.9 Å². The number of hydrogen-bond donors (Lipinski definition) is 1. The van der Waals surface area contributed by atoms with Crippen LogP contribution in [0, 0.1) is 0 Å². The largest absolute Gasteiger partial charge is 0.352 e. The molecule has 0 amide bonds. The Morgan fingerprint density at radius 3 is 1.94 bits per heavy atom. The van der Waals surface area contributed by atoms with Crippen molar-refractivity contribution in [1.29, 1.82) is 0 Å². The highest BCUT2D eigenvalue weighted by Gasteiger charge is 2.12. The summed E-state index contributed by atoms with van der Waals surface area (Å²) in [5, 5.41) is 0.996. The molecule has 0 bridgehead atoms. The molecule has 33 heavy (non-hydrogen) atoms. The van der Waals surface area contributed by atoms with E-state index >= 15 is 0 Å². The number of hydrogen-bond acceptors (Lipinski definition) is 6. The number of rotatable bonds is 11. The molecule has 166 valence electrons. The molecule has 1 aromatic carbocycles. The molecule has 7 heteroatoms. The number of H-pyrrole nitrogens is 1. The summed E-state index contributed by atoms with van der Waals surface area (Å²) in [6.07, 6.45) is 3.69. The van der Waals surface area contributed by atoms with E-state index in [4.69, 9.17) is 0 Å². The smallest absolute Gasteiger partial charge is 0.168 e. The van der Waals surface area contributed by atoms with Gasteiger partial charge in [0.1, 0.15) is 11.4 Å². The predicted molar refractivity (Wildman–Crippen MR) is 126 cm³/mol. The van der Waals surface area contributed by atoms with Gasteiger partial charge in [0.05, 0.1) is 11.2 Å². The van der Waals surface area contributed by atoms with Gasteiger partial charge in [-0.3, -0.25) is 19.3 Å². The topological polar surface area (TPSA) is 96.0 Å². The average molecular weight is 441 g/mol. The fraction of sp³-hybridized carbons (Fsp3) is 0.192. The zero-order valence-electron chi connectivity index (χ0n) is 18.1. The molecule has 3 aromatic heterocycles. The zero-order chi connectivity index (χ0) is 23.0. The second kappa shape index (κ2) is 10.6. The van der Waals surface area contributed by atoms with Gasteiger partial charge in [-0.25, -0.2) is 9.97 Å². The Hall–Kier alpha value is -3.97. The number of aldehydes is 3. The molecule has 3 heterocycles. The molecule has 0 saturated carbocycles. The number of para-hydroxylation sites is 1. The summed E-state index contributed by atoms with van der Waals surface area (Å²) in [5.41, 5.74) is 5.14. The van der Waals surface area contributed by atoms with Crippen molar-refractivity contribution >= 4 is 29.8 Å². The van der Waals surface area contributed by atoms with Crippen LogP contribution in [0.5, 0.6) is 0 Å². The normalized spacial score (nSPS) is 11.1. The molecule has 4 rings (SSSR count). The second-order valence-electron chi connectivity index (χ2n) is 7.84. The first-order chi connectivity index (χ1) is 16.2. The van der Waals surface area contributed by atoms with E-state index in [0.29, 0.717) is 36.5 Å². The molecule has 0 atom stereocenters. The Bertz CT molecular complexity index is 1230. The van der Waals surface area contributed by atoms with E-state index < -0.39 is 0 Å². The Kier molecular flexibility index (Phi) is 7.12. The van der Waals surface area contributed by atoms with Crippen LogP contribution in [-0.4, -0.2) is 51.8 Å². The van der Waals surface area contributed by atoms with Gasteiger partial charge in [-0.2, -0.15) is 0 Å². The van der Waals surface area contributed by atoms with Gasteiger partial charge < -0.3 is 4.98 Å². The lowest BCUT2D eigenvalue weighted by Gasteiger charge is -2.23. The molecule has 0 fully saturated rings. The molecule has 1 N–H and O–H groups in total. The van der Waals surface area contributed by atoms with E-state index in [1.54, 1.807) is 12.1 Å². The van der Waals surface area contributed by atoms with E-state index in [2.05, 4.69) is 25.9 Å². The average Bonchev–Trinajstić information content (AvgIpc) is 3.30. The molecule has 0 spiro atoms. The van der Waals surface area contributed by atoms with Crippen molar-refractivity contribution in [1.82, 2.24) is 19.9 Å². The number of fused-ring (bicyclic) bond motifs is 1. The van der Waals surface area contributed by atoms with Crippen LogP contribution in [0.15, 0.2) is 60.7 Å². The molecule has 0 aliphatic rings. The Morgan fingerprint density at radius 2 is 1.36 bits per heavy atom. The monoisotopic (exact) mass is 440 g/mol. The van der Waals surface area contributed by atoms with Crippen LogP contribution < -0.4 is 0 Å². The van der Waals surface area contributed by atoms with Crippen LogP contribution in [-0.2, 0) is 19.4 Å². The van der Waals surface area contributed by atoms with Gasteiger partial charge in [0.25, 0.3) is 0 Å². The fourth-order valence-corrected chi connectivity index (χ4v) is 3.90. The second-order valence-corrected chi connectivity index (χ2v) is 7.84. The number of aromatic amines is 1. The quantitative estimate of drug-likeness (QED) is 0.358. The van der Waals surface area contributed by atoms with Gasteiger partial charge in [-0.1, -0.05) is 30.3 Å². The first kappa shape index (κ1) is 22.2. The summed E-state index contributed by atoms with van der Waals surface area (Å²) >= 11 is 0. The van der Waals surface area contributed by atoms with Gasteiger partial charge in [-0.15, -0.1) is 0 Å². The minimum atomic E-state index is 0.423. The Morgan fingerprint density at radius 1 is 0.758 bits per heavy atom. The third-order valence-electron chi connectivity index (χ3n) is 5.55. The first-order valence-corrected chi connectivity index (χ1v) is 10.8. The Labute approximate surface area is 191 Å². The Balaban J connectivity index is 1.54. The van der Waals surface area contributed by atoms with E-state index in [-0.39, 0.29) is 0 Å². The zero-order valence-corrected chi connectivity index (χ0v) is 18.1. The molecule has 0 radical (unpaired) electrons.